The Bertz CT molecular complexity index is 371. The number of hydrogen-bond donors (Lipinski definition) is 2. The topological polar surface area (TPSA) is 46.2 Å². The van der Waals surface area contributed by atoms with E-state index >= 15 is 0 Å². The van der Waals surface area contributed by atoms with Gasteiger partial charge in [0.2, 0.25) is 0 Å². The first kappa shape index (κ1) is 16.0. The summed E-state index contributed by atoms with van der Waals surface area (Å²) in [4.78, 5) is 0. The maximum Gasteiger partial charge on any atom is 0.134 e. The summed E-state index contributed by atoms with van der Waals surface area (Å²) in [5, 5.41) is 9.82. The molecule has 1 aromatic rings. The van der Waals surface area contributed by atoms with Crippen LogP contribution in [0, 0.1) is 0 Å². The van der Waals surface area contributed by atoms with Gasteiger partial charge in [-0.1, -0.05) is 22.0 Å². The minimum Gasteiger partial charge on any atom is -0.506 e. The van der Waals surface area contributed by atoms with E-state index < -0.39 is 0 Å². The lowest BCUT2D eigenvalue weighted by Gasteiger charge is -2.14. The van der Waals surface area contributed by atoms with Crippen LogP contribution >= 0.6 is 44.3 Å². The molecule has 1 aromatic carbocycles. The van der Waals surface area contributed by atoms with Crippen LogP contribution in [0.4, 0.5) is 0 Å². The lowest BCUT2D eigenvalue weighted by Crippen LogP contribution is -2.10. The number of nitrogens with two attached hydrogens (primary N) is 1. The van der Waals surface area contributed by atoms with Crippen LogP contribution in [0.25, 0.3) is 0 Å². The van der Waals surface area contributed by atoms with Gasteiger partial charge in [-0.3, -0.25) is 0 Å². The van der Waals surface area contributed by atoms with Crippen molar-refractivity contribution >= 4 is 44.3 Å². The van der Waals surface area contributed by atoms with Gasteiger partial charge in [0.05, 0.1) is 4.47 Å². The normalized spacial score (nSPS) is 11.7. The predicted molar refractivity (Wildman–Crippen MR) is 77.1 cm³/mol. The van der Waals surface area contributed by atoms with Crippen molar-refractivity contribution in [1.29, 1.82) is 0 Å². The molecule has 16 heavy (non-hydrogen) atoms. The predicted octanol–water partition coefficient (Wildman–Crippen LogP) is 4.31. The maximum atomic E-state index is 9.82. The van der Waals surface area contributed by atoms with E-state index in [-0.39, 0.29) is 24.2 Å². The Labute approximate surface area is 119 Å². The van der Waals surface area contributed by atoms with Gasteiger partial charge in [0.1, 0.15) is 5.75 Å². The zero-order chi connectivity index (χ0) is 11.4. The molecule has 0 heterocycles. The number of phenols is 1. The molecule has 0 fully saturated rings. The molecule has 3 N–H and O–H groups in total. The summed E-state index contributed by atoms with van der Waals surface area (Å²) in [5.41, 5.74) is 6.72. The van der Waals surface area contributed by atoms with Gasteiger partial charge in [-0.2, -0.15) is 0 Å². The van der Waals surface area contributed by atoms with E-state index in [1.807, 2.05) is 12.1 Å². The van der Waals surface area contributed by atoms with Gasteiger partial charge in [-0.05, 0) is 40.9 Å². The van der Waals surface area contributed by atoms with E-state index in [1.165, 1.54) is 0 Å². The van der Waals surface area contributed by atoms with Crippen molar-refractivity contribution in [1.82, 2.24) is 0 Å². The third-order valence-electron chi connectivity index (χ3n) is 2.14. The van der Waals surface area contributed by atoms with Crippen LogP contribution in [-0.4, -0.2) is 5.11 Å². The van der Waals surface area contributed by atoms with Crippen LogP contribution in [0.2, 0.25) is 0 Å². The first-order valence-electron chi connectivity index (χ1n) is 4.60. The number of rotatable bonds is 4. The van der Waals surface area contributed by atoms with Crippen molar-refractivity contribution in [2.45, 2.75) is 18.9 Å². The molecular formula is C11H14Br2ClNO. The fourth-order valence-electron chi connectivity index (χ4n) is 1.32. The molecule has 0 aromatic heterocycles. The summed E-state index contributed by atoms with van der Waals surface area (Å²) in [6.45, 7) is 3.65. The average Bonchev–Trinajstić information content (AvgIpc) is 2.19. The molecule has 0 aliphatic carbocycles. The number of aromatic hydroxyl groups is 1. The van der Waals surface area contributed by atoms with Crippen molar-refractivity contribution in [3.63, 3.8) is 0 Å². The molecule has 0 saturated carbocycles. The second-order valence-electron chi connectivity index (χ2n) is 3.30. The Kier molecular flexibility index (Phi) is 7.31. The van der Waals surface area contributed by atoms with Gasteiger partial charge in [0, 0.05) is 16.1 Å². The first-order valence-corrected chi connectivity index (χ1v) is 6.19. The van der Waals surface area contributed by atoms with Crippen LogP contribution in [0.3, 0.4) is 0 Å². The van der Waals surface area contributed by atoms with E-state index in [1.54, 1.807) is 6.07 Å². The molecule has 1 atom stereocenters. The van der Waals surface area contributed by atoms with Crippen molar-refractivity contribution < 1.29 is 5.11 Å². The smallest absolute Gasteiger partial charge is 0.134 e. The fourth-order valence-corrected chi connectivity index (χ4v) is 2.58. The van der Waals surface area contributed by atoms with E-state index in [4.69, 9.17) is 5.73 Å². The Morgan fingerprint density at radius 3 is 2.62 bits per heavy atom. The van der Waals surface area contributed by atoms with Gasteiger partial charge in [0.25, 0.3) is 0 Å². The average molecular weight is 371 g/mol. The molecule has 0 unspecified atom stereocenters. The highest BCUT2D eigenvalue weighted by molar-refractivity contribution is 9.11. The van der Waals surface area contributed by atoms with E-state index in [0.717, 1.165) is 22.9 Å². The molecule has 90 valence electrons. The molecule has 2 nitrogen and oxygen atoms in total. The SMILES string of the molecule is C=CCC[C@@H](N)c1cc(Br)cc(Br)c1O.Cl. The minimum absolute atomic E-state index is 0. The lowest BCUT2D eigenvalue weighted by atomic mass is 10.0. The molecule has 0 aliphatic heterocycles. The standard InChI is InChI=1S/C11H13Br2NO.ClH/c1-2-3-4-10(14)8-5-7(12)6-9(13)11(8)15;/h2,5-6,10,15H,1,3-4,14H2;1H/t10-;/m1./s1. The Morgan fingerprint density at radius 2 is 2.06 bits per heavy atom. The van der Waals surface area contributed by atoms with Crippen LogP contribution in [0.5, 0.6) is 5.75 Å². The highest BCUT2D eigenvalue weighted by Crippen LogP contribution is 2.35. The highest BCUT2D eigenvalue weighted by Gasteiger charge is 2.13. The minimum atomic E-state index is -0.170. The summed E-state index contributed by atoms with van der Waals surface area (Å²) in [6.07, 6.45) is 3.44. The van der Waals surface area contributed by atoms with Crippen LogP contribution in [0.1, 0.15) is 24.4 Å². The number of allylic oxidation sites excluding steroid dienone is 1. The molecule has 0 bridgehead atoms. The summed E-state index contributed by atoms with van der Waals surface area (Å²) in [5.74, 6) is 0.217. The van der Waals surface area contributed by atoms with Crippen LogP contribution < -0.4 is 5.73 Å². The highest BCUT2D eigenvalue weighted by atomic mass is 79.9. The Hall–Kier alpha value is -0.0300. The molecule has 0 amide bonds. The van der Waals surface area contributed by atoms with Crippen molar-refractivity contribution in [3.8, 4) is 5.75 Å². The Morgan fingerprint density at radius 1 is 1.44 bits per heavy atom. The quantitative estimate of drug-likeness (QED) is 0.775. The summed E-state index contributed by atoms with van der Waals surface area (Å²) >= 11 is 6.64. The zero-order valence-corrected chi connectivity index (χ0v) is 12.6. The van der Waals surface area contributed by atoms with Gasteiger partial charge in [0.15, 0.2) is 0 Å². The first-order chi connectivity index (χ1) is 7.06. The summed E-state index contributed by atoms with van der Waals surface area (Å²) < 4.78 is 1.55. The Balaban J connectivity index is 0.00000225. The molecule has 0 radical (unpaired) electrons. The fraction of sp³-hybridized carbons (Fsp3) is 0.273. The number of halogens is 3. The van der Waals surface area contributed by atoms with Gasteiger partial charge >= 0.3 is 0 Å². The molecule has 0 aliphatic rings. The van der Waals surface area contributed by atoms with Crippen molar-refractivity contribution in [3.05, 3.63) is 39.3 Å². The monoisotopic (exact) mass is 369 g/mol. The summed E-state index contributed by atoms with van der Waals surface area (Å²) in [7, 11) is 0. The number of phenolic OH excluding ortho intramolecular Hbond substituents is 1. The van der Waals surface area contributed by atoms with Crippen molar-refractivity contribution in [2.75, 3.05) is 0 Å². The van der Waals surface area contributed by atoms with Gasteiger partial charge in [-0.25, -0.2) is 0 Å². The molecule has 1 rings (SSSR count). The van der Waals surface area contributed by atoms with Crippen molar-refractivity contribution in [2.24, 2.45) is 5.73 Å². The number of benzene rings is 1. The second-order valence-corrected chi connectivity index (χ2v) is 5.07. The van der Waals surface area contributed by atoms with Crippen LogP contribution in [0.15, 0.2) is 33.7 Å². The molecular weight excluding hydrogens is 357 g/mol. The zero-order valence-electron chi connectivity index (χ0n) is 8.62. The van der Waals surface area contributed by atoms with E-state index in [9.17, 15) is 5.11 Å². The van der Waals surface area contributed by atoms with Gasteiger partial charge in [-0.15, -0.1) is 19.0 Å². The second kappa shape index (κ2) is 7.33. The lowest BCUT2D eigenvalue weighted by molar-refractivity contribution is 0.455. The van der Waals surface area contributed by atoms with E-state index in [0.29, 0.717) is 4.47 Å². The third kappa shape index (κ3) is 4.09. The largest absolute Gasteiger partial charge is 0.506 e. The summed E-state index contributed by atoms with van der Waals surface area (Å²) in [6, 6.07) is 3.46. The van der Waals surface area contributed by atoms with Crippen LogP contribution in [-0.2, 0) is 0 Å². The molecule has 0 saturated heterocycles. The molecule has 0 spiro atoms. The maximum absolute atomic E-state index is 9.82. The number of hydrogen-bond acceptors (Lipinski definition) is 2. The van der Waals surface area contributed by atoms with E-state index in [2.05, 4.69) is 38.4 Å². The molecule has 5 heteroatoms. The van der Waals surface area contributed by atoms with Gasteiger partial charge < -0.3 is 10.8 Å². The third-order valence-corrected chi connectivity index (χ3v) is 3.20.